The summed E-state index contributed by atoms with van der Waals surface area (Å²) < 4.78 is 0. The third-order valence-electron chi connectivity index (χ3n) is 2.59. The molecule has 4 heteroatoms. The van der Waals surface area contributed by atoms with Gasteiger partial charge in [-0.1, -0.05) is 6.92 Å². The average molecular weight is 216 g/mol. The van der Waals surface area contributed by atoms with E-state index in [2.05, 4.69) is 5.32 Å². The Morgan fingerprint density at radius 2 is 2.00 bits per heavy atom. The molecule has 0 aliphatic rings. The maximum Gasteiger partial charge on any atom is 0.220 e. The fourth-order valence-corrected chi connectivity index (χ4v) is 1.21. The fraction of sp³-hybridized carbons (Fsp3) is 0.909. The van der Waals surface area contributed by atoms with E-state index in [1.54, 1.807) is 0 Å². The van der Waals surface area contributed by atoms with Crippen LogP contribution in [0.3, 0.4) is 0 Å². The van der Waals surface area contributed by atoms with Gasteiger partial charge in [0.25, 0.3) is 0 Å². The van der Waals surface area contributed by atoms with E-state index < -0.39 is 0 Å². The van der Waals surface area contributed by atoms with Gasteiger partial charge in [-0.15, -0.1) is 0 Å². The Balaban J connectivity index is 3.64. The van der Waals surface area contributed by atoms with E-state index in [1.807, 2.05) is 20.8 Å². The van der Waals surface area contributed by atoms with E-state index in [1.165, 1.54) is 0 Å². The third-order valence-corrected chi connectivity index (χ3v) is 2.59. The number of nitrogens with two attached hydrogens (primary N) is 1. The van der Waals surface area contributed by atoms with Crippen molar-refractivity contribution >= 4 is 5.91 Å². The van der Waals surface area contributed by atoms with Crippen LogP contribution >= 0.6 is 0 Å². The first-order chi connectivity index (χ1) is 6.97. The van der Waals surface area contributed by atoms with Crippen molar-refractivity contribution in [2.75, 3.05) is 6.61 Å². The van der Waals surface area contributed by atoms with E-state index in [4.69, 9.17) is 10.8 Å². The topological polar surface area (TPSA) is 75.4 Å². The number of aliphatic hydroxyl groups is 1. The van der Waals surface area contributed by atoms with Gasteiger partial charge < -0.3 is 16.2 Å². The summed E-state index contributed by atoms with van der Waals surface area (Å²) in [6.45, 7) is 5.85. The standard InChI is InChI=1S/C11H24N2O2/c1-8(7-14)10(3)13-11(15)6-4-5-9(2)12/h8-10,14H,4-7,12H2,1-3H3,(H,13,15). The van der Waals surface area contributed by atoms with Crippen molar-refractivity contribution in [3.8, 4) is 0 Å². The SMILES string of the molecule is CC(N)CCCC(=O)NC(C)C(C)CO. The Hall–Kier alpha value is -0.610. The minimum atomic E-state index is 0.0257. The molecular weight excluding hydrogens is 192 g/mol. The molecule has 0 saturated heterocycles. The summed E-state index contributed by atoms with van der Waals surface area (Å²) in [6.07, 6.45) is 2.21. The smallest absolute Gasteiger partial charge is 0.220 e. The molecule has 0 aliphatic heterocycles. The second kappa shape index (κ2) is 7.65. The summed E-state index contributed by atoms with van der Waals surface area (Å²) in [6, 6.07) is 0.185. The molecule has 0 aromatic heterocycles. The Labute approximate surface area is 92.2 Å². The molecule has 0 rings (SSSR count). The predicted molar refractivity (Wildman–Crippen MR) is 61.4 cm³/mol. The van der Waals surface area contributed by atoms with Gasteiger partial charge in [0, 0.05) is 25.1 Å². The van der Waals surface area contributed by atoms with Crippen LogP contribution in [-0.2, 0) is 4.79 Å². The van der Waals surface area contributed by atoms with E-state index >= 15 is 0 Å². The van der Waals surface area contributed by atoms with Gasteiger partial charge in [0.2, 0.25) is 5.91 Å². The van der Waals surface area contributed by atoms with Crippen LogP contribution in [-0.4, -0.2) is 29.7 Å². The number of aliphatic hydroxyl groups excluding tert-OH is 1. The van der Waals surface area contributed by atoms with Crippen LogP contribution in [0.15, 0.2) is 0 Å². The minimum absolute atomic E-state index is 0.0257. The van der Waals surface area contributed by atoms with Crippen molar-refractivity contribution < 1.29 is 9.90 Å². The number of rotatable bonds is 7. The molecule has 0 aromatic rings. The van der Waals surface area contributed by atoms with Gasteiger partial charge in [-0.2, -0.15) is 0 Å². The lowest BCUT2D eigenvalue weighted by molar-refractivity contribution is -0.122. The molecule has 0 heterocycles. The van der Waals surface area contributed by atoms with Crippen LogP contribution in [0, 0.1) is 5.92 Å². The molecule has 3 unspecified atom stereocenters. The zero-order valence-electron chi connectivity index (χ0n) is 9.99. The Morgan fingerprint density at radius 3 is 2.47 bits per heavy atom. The number of carbonyl (C=O) groups excluding carboxylic acids is 1. The van der Waals surface area contributed by atoms with E-state index in [9.17, 15) is 4.79 Å². The fourth-order valence-electron chi connectivity index (χ4n) is 1.21. The second-order valence-corrected chi connectivity index (χ2v) is 4.39. The summed E-state index contributed by atoms with van der Waals surface area (Å²) in [5.41, 5.74) is 5.58. The Bertz CT molecular complexity index is 183. The van der Waals surface area contributed by atoms with E-state index in [0.29, 0.717) is 6.42 Å². The molecular formula is C11H24N2O2. The van der Waals surface area contributed by atoms with Gasteiger partial charge in [-0.3, -0.25) is 4.79 Å². The summed E-state index contributed by atoms with van der Waals surface area (Å²) in [5, 5.41) is 11.8. The first-order valence-electron chi connectivity index (χ1n) is 5.63. The molecule has 90 valence electrons. The molecule has 0 fully saturated rings. The highest BCUT2D eigenvalue weighted by Crippen LogP contribution is 2.03. The van der Waals surface area contributed by atoms with Crippen LogP contribution < -0.4 is 11.1 Å². The minimum Gasteiger partial charge on any atom is -0.396 e. The van der Waals surface area contributed by atoms with Crippen molar-refractivity contribution in [2.24, 2.45) is 11.7 Å². The van der Waals surface area contributed by atoms with Crippen LogP contribution in [0.25, 0.3) is 0 Å². The first kappa shape index (κ1) is 14.4. The molecule has 0 radical (unpaired) electrons. The summed E-state index contributed by atoms with van der Waals surface area (Å²) >= 11 is 0. The number of nitrogens with one attached hydrogen (secondary N) is 1. The van der Waals surface area contributed by atoms with E-state index in [-0.39, 0.29) is 30.5 Å². The maximum atomic E-state index is 11.4. The molecule has 0 aliphatic carbocycles. The van der Waals surface area contributed by atoms with Gasteiger partial charge in [0.05, 0.1) is 0 Å². The molecule has 0 bridgehead atoms. The lowest BCUT2D eigenvalue weighted by atomic mass is 10.0. The van der Waals surface area contributed by atoms with Crippen molar-refractivity contribution in [3.05, 3.63) is 0 Å². The molecule has 0 spiro atoms. The molecule has 4 N–H and O–H groups in total. The zero-order chi connectivity index (χ0) is 11.8. The lowest BCUT2D eigenvalue weighted by Gasteiger charge is -2.19. The van der Waals surface area contributed by atoms with Gasteiger partial charge in [-0.05, 0) is 32.6 Å². The van der Waals surface area contributed by atoms with Crippen LogP contribution in [0.5, 0.6) is 0 Å². The van der Waals surface area contributed by atoms with Crippen molar-refractivity contribution in [1.82, 2.24) is 5.32 Å². The van der Waals surface area contributed by atoms with Crippen LogP contribution in [0.4, 0.5) is 0 Å². The summed E-state index contributed by atoms with van der Waals surface area (Å²) in [5.74, 6) is 0.144. The largest absolute Gasteiger partial charge is 0.396 e. The molecule has 0 saturated carbocycles. The Kier molecular flexibility index (Phi) is 7.34. The number of hydrogen-bond acceptors (Lipinski definition) is 3. The Morgan fingerprint density at radius 1 is 1.40 bits per heavy atom. The maximum absolute atomic E-state index is 11.4. The molecule has 4 nitrogen and oxygen atoms in total. The highest BCUT2D eigenvalue weighted by Gasteiger charge is 2.13. The summed E-state index contributed by atoms with van der Waals surface area (Å²) in [4.78, 5) is 11.4. The number of amides is 1. The highest BCUT2D eigenvalue weighted by molar-refractivity contribution is 5.76. The normalized spacial score (nSPS) is 16.9. The second-order valence-electron chi connectivity index (χ2n) is 4.39. The quantitative estimate of drug-likeness (QED) is 0.584. The van der Waals surface area contributed by atoms with Crippen LogP contribution in [0.2, 0.25) is 0 Å². The average Bonchev–Trinajstić information content (AvgIpc) is 2.15. The predicted octanol–water partition coefficient (Wildman–Crippen LogP) is 0.637. The van der Waals surface area contributed by atoms with Crippen molar-refractivity contribution in [2.45, 2.75) is 52.1 Å². The molecule has 0 aromatic carbocycles. The van der Waals surface area contributed by atoms with Gasteiger partial charge >= 0.3 is 0 Å². The van der Waals surface area contributed by atoms with Gasteiger partial charge in [0.1, 0.15) is 0 Å². The highest BCUT2D eigenvalue weighted by atomic mass is 16.3. The number of carbonyl (C=O) groups is 1. The molecule has 1 amide bonds. The first-order valence-corrected chi connectivity index (χ1v) is 5.63. The molecule has 3 atom stereocenters. The number of hydrogen-bond donors (Lipinski definition) is 3. The van der Waals surface area contributed by atoms with Crippen LogP contribution in [0.1, 0.15) is 40.0 Å². The van der Waals surface area contributed by atoms with Crippen molar-refractivity contribution in [3.63, 3.8) is 0 Å². The monoisotopic (exact) mass is 216 g/mol. The van der Waals surface area contributed by atoms with E-state index in [0.717, 1.165) is 12.8 Å². The van der Waals surface area contributed by atoms with Crippen molar-refractivity contribution in [1.29, 1.82) is 0 Å². The zero-order valence-corrected chi connectivity index (χ0v) is 9.99. The lowest BCUT2D eigenvalue weighted by Crippen LogP contribution is -2.38. The van der Waals surface area contributed by atoms with Gasteiger partial charge in [-0.25, -0.2) is 0 Å². The van der Waals surface area contributed by atoms with Gasteiger partial charge in [0.15, 0.2) is 0 Å². The molecule has 15 heavy (non-hydrogen) atoms. The third kappa shape index (κ3) is 7.33. The summed E-state index contributed by atoms with van der Waals surface area (Å²) in [7, 11) is 0.